The number of halogens is 3. The molecule has 9 heteroatoms. The van der Waals surface area contributed by atoms with Crippen molar-refractivity contribution in [3.63, 3.8) is 0 Å². The maximum absolute atomic E-state index is 12.7. The summed E-state index contributed by atoms with van der Waals surface area (Å²) in [5.41, 5.74) is 1.89. The number of hydrogen-bond donors (Lipinski definition) is 2. The summed E-state index contributed by atoms with van der Waals surface area (Å²) in [7, 11) is 0. The van der Waals surface area contributed by atoms with Gasteiger partial charge in [-0.15, -0.1) is 0 Å². The number of alkyl halides is 3. The van der Waals surface area contributed by atoms with Gasteiger partial charge in [0.2, 0.25) is 0 Å². The van der Waals surface area contributed by atoms with E-state index >= 15 is 0 Å². The number of amides is 1. The van der Waals surface area contributed by atoms with Crippen molar-refractivity contribution in [2.75, 3.05) is 13.1 Å². The summed E-state index contributed by atoms with van der Waals surface area (Å²) in [5.74, 6) is -1.53. The Morgan fingerprint density at radius 1 is 1.21 bits per heavy atom. The molecule has 2 heterocycles. The van der Waals surface area contributed by atoms with Gasteiger partial charge in [-0.2, -0.15) is 13.2 Å². The van der Waals surface area contributed by atoms with Gasteiger partial charge in [-0.1, -0.05) is 29.8 Å². The molecule has 1 amide bonds. The normalized spacial score (nSPS) is 18.3. The molecule has 2 aromatic rings. The van der Waals surface area contributed by atoms with Crippen LogP contribution in [0.25, 0.3) is 0 Å². The number of carbonyl (C=O) groups is 2. The molecular formula is C24H28F3N3O3. The van der Waals surface area contributed by atoms with Crippen molar-refractivity contribution in [3.8, 4) is 5.75 Å². The van der Waals surface area contributed by atoms with Crippen molar-refractivity contribution in [1.29, 1.82) is 0 Å². The first kappa shape index (κ1) is 24.7. The first-order chi connectivity index (χ1) is 15.6. The van der Waals surface area contributed by atoms with Crippen molar-refractivity contribution in [1.82, 2.24) is 15.6 Å². The first-order valence-electron chi connectivity index (χ1n) is 10.9. The Balaban J connectivity index is 1.72. The van der Waals surface area contributed by atoms with Crippen LogP contribution in [-0.2, 0) is 4.79 Å². The Labute approximate surface area is 190 Å². The highest BCUT2D eigenvalue weighted by Crippen LogP contribution is 2.27. The number of nitrogens with zero attached hydrogens (tertiary/aromatic N) is 1. The molecule has 1 aromatic carbocycles. The van der Waals surface area contributed by atoms with Crippen molar-refractivity contribution in [2.24, 2.45) is 5.92 Å². The number of aromatic nitrogens is 1. The van der Waals surface area contributed by atoms with E-state index in [-0.39, 0.29) is 17.5 Å². The number of nitrogens with one attached hydrogen (secondary N) is 2. The molecule has 1 aromatic heterocycles. The van der Waals surface area contributed by atoms with Gasteiger partial charge in [0.25, 0.3) is 0 Å². The quantitative estimate of drug-likeness (QED) is 0.575. The van der Waals surface area contributed by atoms with E-state index in [1.54, 1.807) is 24.3 Å². The summed E-state index contributed by atoms with van der Waals surface area (Å²) in [5, 5.41) is 5.24. The maximum atomic E-state index is 12.7. The number of ketones is 1. The lowest BCUT2D eigenvalue weighted by atomic mass is 9.93. The zero-order valence-electron chi connectivity index (χ0n) is 18.6. The highest BCUT2D eigenvalue weighted by Gasteiger charge is 2.40. The molecule has 0 unspecified atom stereocenters. The fourth-order valence-corrected chi connectivity index (χ4v) is 3.81. The Morgan fingerprint density at radius 3 is 2.52 bits per heavy atom. The third kappa shape index (κ3) is 7.02. The highest BCUT2D eigenvalue weighted by atomic mass is 19.4. The monoisotopic (exact) mass is 463 g/mol. The predicted molar refractivity (Wildman–Crippen MR) is 117 cm³/mol. The third-order valence-corrected chi connectivity index (χ3v) is 5.63. The predicted octanol–water partition coefficient (Wildman–Crippen LogP) is 4.15. The van der Waals surface area contributed by atoms with Gasteiger partial charge in [0.05, 0.1) is 12.2 Å². The molecule has 0 radical (unpaired) electrons. The van der Waals surface area contributed by atoms with Crippen LogP contribution in [0.15, 0.2) is 42.6 Å². The summed E-state index contributed by atoms with van der Waals surface area (Å²) in [6.45, 7) is 5.11. The van der Waals surface area contributed by atoms with Gasteiger partial charge < -0.3 is 15.4 Å². The number of hydrogen-bond acceptors (Lipinski definition) is 5. The number of Topliss-reactive ketones (excluding diaryl/α,β-unsaturated/α-hetero) is 1. The Kier molecular flexibility index (Phi) is 8.07. The molecule has 6 nitrogen and oxygen atoms in total. The molecule has 1 fully saturated rings. The van der Waals surface area contributed by atoms with Crippen LogP contribution in [0.4, 0.5) is 13.2 Å². The molecule has 0 bridgehead atoms. The van der Waals surface area contributed by atoms with Crippen LogP contribution in [-0.4, -0.2) is 42.0 Å². The molecule has 1 aliphatic rings. The van der Waals surface area contributed by atoms with Crippen LogP contribution < -0.4 is 15.4 Å². The first-order valence-corrected chi connectivity index (χ1v) is 10.9. The van der Waals surface area contributed by atoms with Gasteiger partial charge >= 0.3 is 12.1 Å². The van der Waals surface area contributed by atoms with Crippen molar-refractivity contribution in [3.05, 3.63) is 59.4 Å². The second kappa shape index (κ2) is 10.8. The fraction of sp³-hybridized carbons (Fsp3) is 0.458. The minimum Gasteiger partial charge on any atom is -0.482 e. The Bertz CT molecular complexity index is 940. The van der Waals surface area contributed by atoms with Crippen LogP contribution in [0.5, 0.6) is 5.75 Å². The van der Waals surface area contributed by atoms with E-state index in [0.717, 1.165) is 31.5 Å². The van der Waals surface area contributed by atoms with Gasteiger partial charge in [0, 0.05) is 6.42 Å². The van der Waals surface area contributed by atoms with E-state index in [0.29, 0.717) is 17.7 Å². The lowest BCUT2D eigenvalue weighted by Gasteiger charge is -2.27. The molecule has 178 valence electrons. The average molecular weight is 464 g/mol. The number of pyridine rings is 1. The van der Waals surface area contributed by atoms with Crippen LogP contribution in [0.3, 0.4) is 0 Å². The number of benzene rings is 1. The van der Waals surface area contributed by atoms with E-state index in [1.165, 1.54) is 13.1 Å². The molecule has 1 aliphatic heterocycles. The molecule has 0 aliphatic carbocycles. The average Bonchev–Trinajstić information content (AvgIpc) is 2.78. The van der Waals surface area contributed by atoms with Crippen LogP contribution >= 0.6 is 0 Å². The summed E-state index contributed by atoms with van der Waals surface area (Å²) in [6.07, 6.45) is -2.06. The van der Waals surface area contributed by atoms with Crippen LogP contribution in [0.1, 0.15) is 53.9 Å². The molecule has 3 rings (SSSR count). The van der Waals surface area contributed by atoms with Crippen molar-refractivity contribution in [2.45, 2.75) is 51.4 Å². The zero-order chi connectivity index (χ0) is 24.0. The molecule has 0 spiro atoms. The largest absolute Gasteiger partial charge is 0.482 e. The second-order valence-electron chi connectivity index (χ2n) is 8.43. The molecule has 33 heavy (non-hydrogen) atoms. The minimum absolute atomic E-state index is 0.0591. The van der Waals surface area contributed by atoms with E-state index in [1.807, 2.05) is 24.4 Å². The highest BCUT2D eigenvalue weighted by molar-refractivity contribution is 5.94. The maximum Gasteiger partial charge on any atom is 0.471 e. The molecule has 1 saturated heterocycles. The van der Waals surface area contributed by atoms with E-state index in [9.17, 15) is 22.8 Å². The lowest BCUT2D eigenvalue weighted by Crippen LogP contribution is -2.45. The smallest absolute Gasteiger partial charge is 0.471 e. The van der Waals surface area contributed by atoms with Gasteiger partial charge in [-0.05, 0) is 63.4 Å². The van der Waals surface area contributed by atoms with Gasteiger partial charge in [0.15, 0.2) is 5.78 Å². The van der Waals surface area contributed by atoms with Gasteiger partial charge in [0.1, 0.15) is 17.5 Å². The molecule has 3 atom stereocenters. The van der Waals surface area contributed by atoms with Crippen molar-refractivity contribution < 1.29 is 27.5 Å². The third-order valence-electron chi connectivity index (χ3n) is 5.63. The number of aryl methyl sites for hydroxylation is 1. The van der Waals surface area contributed by atoms with Crippen molar-refractivity contribution >= 4 is 11.7 Å². The number of piperidine rings is 1. The summed E-state index contributed by atoms with van der Waals surface area (Å²) < 4.78 is 44.2. The SMILES string of the molecule is Cc1ccc([C@@H](Oc2ccc(C(=O)C[C@H]3CCCNC3)nc2)[C@H](C)NC(=O)C(F)(F)F)cc1. The van der Waals surface area contributed by atoms with E-state index < -0.39 is 24.2 Å². The molecule has 2 N–H and O–H groups in total. The molecular weight excluding hydrogens is 435 g/mol. The van der Waals surface area contributed by atoms with E-state index in [2.05, 4.69) is 10.3 Å². The number of rotatable bonds is 8. The number of carbonyl (C=O) groups excluding carboxylic acids is 2. The summed E-state index contributed by atoms with van der Waals surface area (Å²) >= 11 is 0. The summed E-state index contributed by atoms with van der Waals surface area (Å²) in [4.78, 5) is 28.2. The lowest BCUT2D eigenvalue weighted by molar-refractivity contribution is -0.174. The van der Waals surface area contributed by atoms with Gasteiger partial charge in [-0.3, -0.25) is 9.59 Å². The minimum atomic E-state index is -5.00. The molecule has 0 saturated carbocycles. The number of ether oxygens (including phenoxy) is 1. The fourth-order valence-electron chi connectivity index (χ4n) is 3.81. The second-order valence-corrected chi connectivity index (χ2v) is 8.43. The standard InChI is InChI=1S/C24H28F3N3O3/c1-15-5-7-18(8-6-15)22(16(2)30-23(32)24(25,26)27)33-19-9-10-20(29-14-19)21(31)12-17-4-3-11-28-13-17/h5-10,14,16-17,22,28H,3-4,11-13H2,1-2H3,(H,30,32)/t16-,17+,22-/m0/s1. The summed E-state index contributed by atoms with van der Waals surface area (Å²) in [6, 6.07) is 9.23. The zero-order valence-corrected chi connectivity index (χ0v) is 18.6. The Hall–Kier alpha value is -2.94. The van der Waals surface area contributed by atoms with Gasteiger partial charge in [-0.25, -0.2) is 4.98 Å². The van der Waals surface area contributed by atoms with Crippen LogP contribution in [0.2, 0.25) is 0 Å². The van der Waals surface area contributed by atoms with E-state index in [4.69, 9.17) is 4.74 Å². The van der Waals surface area contributed by atoms with Crippen LogP contribution in [0, 0.1) is 12.8 Å². The Morgan fingerprint density at radius 2 is 1.94 bits per heavy atom. The topological polar surface area (TPSA) is 80.3 Å².